The van der Waals surface area contributed by atoms with Crippen LogP contribution in [0.25, 0.3) is 5.57 Å². The van der Waals surface area contributed by atoms with Crippen molar-refractivity contribution in [1.29, 1.82) is 0 Å². The van der Waals surface area contributed by atoms with E-state index in [4.69, 9.17) is 16.3 Å². The summed E-state index contributed by atoms with van der Waals surface area (Å²) >= 11 is 5.72. The zero-order valence-corrected chi connectivity index (χ0v) is 16.0. The maximum atomic E-state index is 12.0. The highest BCUT2D eigenvalue weighted by Gasteiger charge is 2.43. The van der Waals surface area contributed by atoms with E-state index in [1.165, 1.54) is 7.11 Å². The van der Waals surface area contributed by atoms with Gasteiger partial charge in [-0.05, 0) is 26.3 Å². The van der Waals surface area contributed by atoms with Crippen molar-refractivity contribution < 1.29 is 18.9 Å². The molecule has 0 fully saturated rings. The number of ketones is 1. The summed E-state index contributed by atoms with van der Waals surface area (Å²) in [5, 5.41) is 0. The Labute approximate surface area is 154 Å². The second kappa shape index (κ2) is 7.52. The number of halogens is 1. The molecule has 1 atom stereocenters. The van der Waals surface area contributed by atoms with Gasteiger partial charge in [-0.3, -0.25) is 9.59 Å². The zero-order valence-electron chi connectivity index (χ0n) is 15.3. The molecule has 1 aliphatic rings. The predicted octanol–water partition coefficient (Wildman–Crippen LogP) is 4.18. The summed E-state index contributed by atoms with van der Waals surface area (Å²) in [6.07, 6.45) is 0.853. The van der Waals surface area contributed by atoms with Crippen LogP contribution in [0.4, 0.5) is 5.69 Å². The van der Waals surface area contributed by atoms with E-state index < -0.39 is 5.41 Å². The lowest BCUT2D eigenvalue weighted by Crippen LogP contribution is -2.25. The first kappa shape index (κ1) is 19.4. The first-order valence-corrected chi connectivity index (χ1v) is 8.85. The minimum atomic E-state index is -0.447. The van der Waals surface area contributed by atoms with Gasteiger partial charge >= 0.3 is 5.97 Å². The van der Waals surface area contributed by atoms with Gasteiger partial charge in [-0.15, -0.1) is 11.6 Å². The summed E-state index contributed by atoms with van der Waals surface area (Å²) in [7, 11) is 1.40. The summed E-state index contributed by atoms with van der Waals surface area (Å²) in [5.41, 5.74) is 3.59. The Balaban J connectivity index is 2.53. The van der Waals surface area contributed by atoms with Crippen LogP contribution in [-0.4, -0.2) is 36.0 Å². The predicted molar refractivity (Wildman–Crippen MR) is 100 cm³/mol. The number of Topliss-reactive ketones (excluding diaryl/α,β-unsaturated/α-hetero) is 1. The Bertz CT molecular complexity index is 749. The van der Waals surface area contributed by atoms with Crippen molar-refractivity contribution in [1.82, 2.24) is 0 Å². The first-order valence-electron chi connectivity index (χ1n) is 8.32. The molecular formula is C20H25ClNO3+. The first-order chi connectivity index (χ1) is 11.7. The van der Waals surface area contributed by atoms with Crippen LogP contribution in [0.15, 0.2) is 30.0 Å². The van der Waals surface area contributed by atoms with Gasteiger partial charge in [0.2, 0.25) is 5.69 Å². The molecule has 0 N–H and O–H groups in total. The largest absolute Gasteiger partial charge is 0.469 e. The van der Waals surface area contributed by atoms with Gasteiger partial charge in [-0.2, -0.15) is 4.58 Å². The van der Waals surface area contributed by atoms with Crippen LogP contribution in [0.2, 0.25) is 0 Å². The molecule has 1 heterocycles. The summed E-state index contributed by atoms with van der Waals surface area (Å²) < 4.78 is 6.76. The second-order valence-corrected chi connectivity index (χ2v) is 7.40. The molecule has 1 aliphatic heterocycles. The number of hydrogen-bond donors (Lipinski definition) is 0. The number of benzene rings is 1. The average Bonchev–Trinajstić information content (AvgIpc) is 2.86. The number of esters is 1. The number of ether oxygens (including phenoxy) is 1. The molecule has 1 aromatic rings. The molecule has 0 bridgehead atoms. The number of hydrogen-bond acceptors (Lipinski definition) is 3. The normalized spacial score (nSPS) is 15.2. The number of methoxy groups -OCH3 is 1. The van der Waals surface area contributed by atoms with E-state index in [1.807, 2.05) is 49.6 Å². The van der Waals surface area contributed by atoms with E-state index >= 15 is 0 Å². The monoisotopic (exact) mass is 362 g/mol. The number of carbonyl (C=O) groups is 2. The number of para-hydroxylation sites is 1. The molecule has 1 unspecified atom stereocenters. The highest BCUT2D eigenvalue weighted by Crippen LogP contribution is 2.48. The minimum absolute atomic E-state index is 0.00526. The molecule has 0 saturated heterocycles. The van der Waals surface area contributed by atoms with Gasteiger partial charge in [0.1, 0.15) is 12.5 Å². The molecule has 4 nitrogen and oxygen atoms in total. The van der Waals surface area contributed by atoms with Gasteiger partial charge in [0.15, 0.2) is 5.70 Å². The van der Waals surface area contributed by atoms with Crippen molar-refractivity contribution in [2.75, 3.05) is 13.0 Å². The maximum absolute atomic E-state index is 12.0. The van der Waals surface area contributed by atoms with Crippen LogP contribution in [0.1, 0.15) is 39.2 Å². The smallest absolute Gasteiger partial charge is 0.308 e. The molecule has 0 spiro atoms. The van der Waals surface area contributed by atoms with Gasteiger partial charge in [0.25, 0.3) is 0 Å². The van der Waals surface area contributed by atoms with Crippen LogP contribution in [0.5, 0.6) is 0 Å². The number of alkyl halides is 1. The third kappa shape index (κ3) is 3.84. The summed E-state index contributed by atoms with van der Waals surface area (Å²) in [6, 6.07) is 7.95. The van der Waals surface area contributed by atoms with Crippen molar-refractivity contribution in [2.24, 2.45) is 11.3 Å². The lowest BCUT2D eigenvalue weighted by atomic mass is 9.80. The Morgan fingerprint density at radius 1 is 1.32 bits per heavy atom. The minimum Gasteiger partial charge on any atom is -0.469 e. The second-order valence-electron chi connectivity index (χ2n) is 7.13. The van der Waals surface area contributed by atoms with Crippen molar-refractivity contribution in [2.45, 2.75) is 33.6 Å². The molecule has 25 heavy (non-hydrogen) atoms. The standard InChI is InChI=1S/C20H25ClNO3/c1-13(19(24)25-5)10-16-15-8-6-7-9-17(15)22(4)18(16)20(2,3)11-14(23)12-21/h6-9,13H,4,10-12H2,1-3,5H3/q+1. The molecule has 2 rings (SSSR count). The van der Waals surface area contributed by atoms with Gasteiger partial charge < -0.3 is 4.74 Å². The molecule has 1 aromatic carbocycles. The quantitative estimate of drug-likeness (QED) is 0.415. The Hall–Kier alpha value is -1.94. The molecule has 0 aromatic heterocycles. The van der Waals surface area contributed by atoms with Crippen molar-refractivity contribution in [3.05, 3.63) is 35.5 Å². The Morgan fingerprint density at radius 3 is 2.56 bits per heavy atom. The van der Waals surface area contributed by atoms with E-state index in [2.05, 4.69) is 6.72 Å². The SMILES string of the molecule is C=[N+]1C(C(C)(C)CC(=O)CCl)=C(CC(C)C(=O)OC)c2ccccc21. The number of rotatable bonds is 7. The summed E-state index contributed by atoms with van der Waals surface area (Å²) in [6.45, 7) is 10.1. The van der Waals surface area contributed by atoms with Crippen molar-refractivity contribution in [3.63, 3.8) is 0 Å². The van der Waals surface area contributed by atoms with Gasteiger partial charge in [-0.1, -0.05) is 19.1 Å². The van der Waals surface area contributed by atoms with Crippen LogP contribution >= 0.6 is 11.6 Å². The third-order valence-electron chi connectivity index (χ3n) is 4.62. The van der Waals surface area contributed by atoms with Crippen LogP contribution in [0.3, 0.4) is 0 Å². The molecule has 0 saturated carbocycles. The molecule has 0 aliphatic carbocycles. The van der Waals surface area contributed by atoms with Crippen LogP contribution < -0.4 is 0 Å². The highest BCUT2D eigenvalue weighted by atomic mass is 35.5. The summed E-state index contributed by atoms with van der Waals surface area (Å²) in [4.78, 5) is 23.9. The van der Waals surface area contributed by atoms with Gasteiger partial charge in [-0.25, -0.2) is 0 Å². The number of allylic oxidation sites excluding steroid dienone is 2. The van der Waals surface area contributed by atoms with E-state index in [0.717, 1.165) is 22.5 Å². The lowest BCUT2D eigenvalue weighted by molar-refractivity contribution is -0.384. The molecule has 0 radical (unpaired) electrons. The fraction of sp³-hybridized carbons (Fsp3) is 0.450. The van der Waals surface area contributed by atoms with E-state index in [-0.39, 0.29) is 23.6 Å². The molecule has 5 heteroatoms. The van der Waals surface area contributed by atoms with Gasteiger partial charge in [0.05, 0.1) is 29.9 Å². The molecular weight excluding hydrogens is 338 g/mol. The Kier molecular flexibility index (Phi) is 5.83. The third-order valence-corrected chi connectivity index (χ3v) is 4.92. The Morgan fingerprint density at radius 2 is 1.96 bits per heavy atom. The molecule has 134 valence electrons. The van der Waals surface area contributed by atoms with Crippen molar-refractivity contribution in [3.8, 4) is 0 Å². The van der Waals surface area contributed by atoms with Crippen molar-refractivity contribution >= 4 is 41.3 Å². The van der Waals surface area contributed by atoms with E-state index in [0.29, 0.717) is 12.8 Å². The summed E-state index contributed by atoms with van der Waals surface area (Å²) in [5.74, 6) is -0.547. The van der Waals surface area contributed by atoms with E-state index in [9.17, 15) is 9.59 Å². The van der Waals surface area contributed by atoms with Crippen LogP contribution in [-0.2, 0) is 14.3 Å². The fourth-order valence-corrected chi connectivity index (χ4v) is 3.66. The van der Waals surface area contributed by atoms with Crippen LogP contribution in [0, 0.1) is 11.3 Å². The number of fused-ring (bicyclic) bond motifs is 1. The zero-order chi connectivity index (χ0) is 18.8. The number of nitrogens with zero attached hydrogens (tertiary/aromatic N) is 1. The number of carbonyl (C=O) groups excluding carboxylic acids is 2. The highest BCUT2D eigenvalue weighted by molar-refractivity contribution is 6.27. The van der Waals surface area contributed by atoms with Gasteiger partial charge in [0, 0.05) is 18.1 Å². The average molecular weight is 363 g/mol. The topological polar surface area (TPSA) is 46.4 Å². The lowest BCUT2D eigenvalue weighted by Gasteiger charge is -2.23. The fourth-order valence-electron chi connectivity index (χ4n) is 3.57. The maximum Gasteiger partial charge on any atom is 0.308 e. The van der Waals surface area contributed by atoms with E-state index in [1.54, 1.807) is 0 Å². The molecule has 0 amide bonds.